The highest BCUT2D eigenvalue weighted by Crippen LogP contribution is 2.42. The first-order valence-corrected chi connectivity index (χ1v) is 13.4. The third-order valence-electron chi connectivity index (χ3n) is 7.80. The summed E-state index contributed by atoms with van der Waals surface area (Å²) in [6.07, 6.45) is 4.30. The molecule has 0 unspecified atom stereocenters. The molecule has 3 aliphatic heterocycles. The maximum atomic E-state index is 15.9. The van der Waals surface area contributed by atoms with E-state index in [0.717, 1.165) is 41.5 Å². The molecule has 0 aliphatic carbocycles. The van der Waals surface area contributed by atoms with Crippen LogP contribution in [0.25, 0.3) is 10.8 Å². The summed E-state index contributed by atoms with van der Waals surface area (Å²) in [7, 11) is 3.96. The van der Waals surface area contributed by atoms with Crippen LogP contribution in [0.5, 0.6) is 5.75 Å². The van der Waals surface area contributed by atoms with Crippen molar-refractivity contribution in [1.82, 2.24) is 14.7 Å². The number of allylic oxidation sites excluding steroid dienone is 2. The highest BCUT2D eigenvalue weighted by atomic mass is 19.1. The number of halogens is 1. The van der Waals surface area contributed by atoms with Gasteiger partial charge in [0.15, 0.2) is 5.75 Å². The van der Waals surface area contributed by atoms with Gasteiger partial charge in [-0.3, -0.25) is 4.79 Å². The summed E-state index contributed by atoms with van der Waals surface area (Å²) >= 11 is 0. The summed E-state index contributed by atoms with van der Waals surface area (Å²) < 4.78 is 22.4. The second kappa shape index (κ2) is 10.7. The maximum absolute atomic E-state index is 15.9. The fourth-order valence-electron chi connectivity index (χ4n) is 5.48. The minimum absolute atomic E-state index is 0.0668. The van der Waals surface area contributed by atoms with Gasteiger partial charge in [0.1, 0.15) is 12.4 Å². The number of amides is 1. The zero-order chi connectivity index (χ0) is 27.0. The van der Waals surface area contributed by atoms with Crippen molar-refractivity contribution >= 4 is 22.4 Å². The molecule has 1 fully saturated rings. The van der Waals surface area contributed by atoms with E-state index in [4.69, 9.17) is 4.74 Å². The van der Waals surface area contributed by atoms with E-state index < -0.39 is 0 Å². The normalized spacial score (nSPS) is 21.9. The van der Waals surface area contributed by atoms with Crippen molar-refractivity contribution in [3.05, 3.63) is 83.0 Å². The molecule has 200 valence electrons. The van der Waals surface area contributed by atoms with E-state index in [1.165, 1.54) is 0 Å². The van der Waals surface area contributed by atoms with Gasteiger partial charge in [0, 0.05) is 57.9 Å². The van der Waals surface area contributed by atoms with Gasteiger partial charge in [-0.15, -0.1) is 0 Å². The first-order valence-electron chi connectivity index (χ1n) is 13.4. The average Bonchev–Trinajstić information content (AvgIpc) is 2.90. The van der Waals surface area contributed by atoms with Crippen molar-refractivity contribution in [3.8, 4) is 5.75 Å². The number of piperazine rings is 1. The summed E-state index contributed by atoms with van der Waals surface area (Å²) in [6.45, 7) is 12.6. The number of carbonyl (C=O) groups excluding carboxylic acids is 1. The summed E-state index contributed by atoms with van der Waals surface area (Å²) in [5.74, 6) is 0.279. The van der Waals surface area contributed by atoms with E-state index in [2.05, 4.69) is 50.6 Å². The van der Waals surface area contributed by atoms with Crippen LogP contribution < -0.4 is 9.64 Å². The van der Waals surface area contributed by atoms with Gasteiger partial charge in [-0.1, -0.05) is 37.8 Å². The van der Waals surface area contributed by atoms with Crippen molar-refractivity contribution in [1.29, 1.82) is 0 Å². The molecule has 0 N–H and O–H groups in total. The average molecular weight is 517 g/mol. The molecular formula is C31H37FN4O2. The zero-order valence-electron chi connectivity index (χ0n) is 22.9. The molecule has 3 aliphatic rings. The zero-order valence-corrected chi connectivity index (χ0v) is 22.9. The predicted octanol–water partition coefficient (Wildman–Crippen LogP) is 5.02. The number of ether oxygens (including phenoxy) is 1. The second-order valence-electron chi connectivity index (χ2n) is 10.5. The molecule has 1 saturated heterocycles. The van der Waals surface area contributed by atoms with Gasteiger partial charge in [0.05, 0.1) is 17.0 Å². The van der Waals surface area contributed by atoms with Crippen LogP contribution in [0.1, 0.15) is 18.9 Å². The van der Waals surface area contributed by atoms with Crippen LogP contribution >= 0.6 is 0 Å². The number of aryl methyl sites for hydroxylation is 1. The molecule has 6 nitrogen and oxygen atoms in total. The van der Waals surface area contributed by atoms with Gasteiger partial charge in [-0.25, -0.2) is 4.39 Å². The minimum atomic E-state index is -0.356. The highest BCUT2D eigenvalue weighted by Gasteiger charge is 2.31. The number of carbonyl (C=O) groups is 1. The van der Waals surface area contributed by atoms with Gasteiger partial charge in [0.25, 0.3) is 5.91 Å². The standard InChI is InChI=1S/C31H37FN4O2/c1-6-12-34(5)28-20-38-30-27(11-10-23-9-7-8-21(2)29(23)30)36-18-24(17-26(28)32)22(3)25(19-36)31(37)35-15-13-33(4)14-16-35/h7-11,17,19H,3,6,12-16,18,20H2,1-2,4-5H3/b24-17+,28-26-. The number of hydrogen-bond donors (Lipinski definition) is 0. The van der Waals surface area contributed by atoms with Gasteiger partial charge < -0.3 is 24.3 Å². The van der Waals surface area contributed by atoms with Crippen molar-refractivity contribution in [2.75, 3.05) is 64.9 Å². The van der Waals surface area contributed by atoms with Crippen LogP contribution in [0.4, 0.5) is 10.1 Å². The van der Waals surface area contributed by atoms with Crippen molar-refractivity contribution in [3.63, 3.8) is 0 Å². The van der Waals surface area contributed by atoms with Gasteiger partial charge >= 0.3 is 0 Å². The topological polar surface area (TPSA) is 39.3 Å². The molecule has 1 amide bonds. The van der Waals surface area contributed by atoms with E-state index in [1.807, 2.05) is 40.1 Å². The number of fused-ring (bicyclic) bond motifs is 6. The Morgan fingerprint density at radius 2 is 1.92 bits per heavy atom. The van der Waals surface area contributed by atoms with Crippen LogP contribution in [0.15, 0.2) is 77.4 Å². The first-order chi connectivity index (χ1) is 18.3. The molecule has 0 atom stereocenters. The molecule has 0 radical (unpaired) electrons. The summed E-state index contributed by atoms with van der Waals surface area (Å²) in [5, 5.41) is 2.06. The Kier molecular flexibility index (Phi) is 7.30. The molecular weight excluding hydrogens is 479 g/mol. The smallest absolute Gasteiger partial charge is 0.256 e. The van der Waals surface area contributed by atoms with Crippen LogP contribution in [0, 0.1) is 6.92 Å². The number of benzene rings is 2. The molecule has 3 heterocycles. The fourth-order valence-corrected chi connectivity index (χ4v) is 5.48. The van der Waals surface area contributed by atoms with Gasteiger partial charge in [0.2, 0.25) is 0 Å². The largest absolute Gasteiger partial charge is 0.484 e. The Balaban J connectivity index is 1.68. The van der Waals surface area contributed by atoms with Crippen molar-refractivity contribution in [2.45, 2.75) is 20.3 Å². The Bertz CT molecular complexity index is 1370. The lowest BCUT2D eigenvalue weighted by Gasteiger charge is -2.36. The van der Waals surface area contributed by atoms with E-state index in [9.17, 15) is 4.79 Å². The van der Waals surface area contributed by atoms with Gasteiger partial charge in [-0.2, -0.15) is 0 Å². The molecule has 2 aromatic carbocycles. The molecule has 0 spiro atoms. The first kappa shape index (κ1) is 26.0. The molecule has 2 bridgehead atoms. The molecule has 38 heavy (non-hydrogen) atoms. The lowest BCUT2D eigenvalue weighted by molar-refractivity contribution is -0.128. The van der Waals surface area contributed by atoms with Crippen LogP contribution in [-0.2, 0) is 4.79 Å². The van der Waals surface area contributed by atoms with Gasteiger partial charge in [-0.05, 0) is 54.6 Å². The monoisotopic (exact) mass is 516 g/mol. The third-order valence-corrected chi connectivity index (χ3v) is 7.80. The molecule has 2 aromatic rings. The van der Waals surface area contributed by atoms with Crippen LogP contribution in [0.2, 0.25) is 0 Å². The van der Waals surface area contributed by atoms with Crippen LogP contribution in [0.3, 0.4) is 0 Å². The Hall–Kier alpha value is -3.58. The molecule has 5 rings (SSSR count). The number of nitrogens with zero attached hydrogens (tertiary/aromatic N) is 4. The van der Waals surface area contributed by atoms with E-state index in [-0.39, 0.29) is 18.3 Å². The summed E-state index contributed by atoms with van der Waals surface area (Å²) in [4.78, 5) is 21.8. The van der Waals surface area contributed by atoms with E-state index in [0.29, 0.717) is 54.3 Å². The number of likely N-dealkylation sites (N-methyl/N-ethyl adjacent to an activating group) is 2. The number of rotatable bonds is 4. The quantitative estimate of drug-likeness (QED) is 0.571. The Labute approximate surface area is 224 Å². The SMILES string of the molecule is C=C1C(C(=O)N2CCN(C)CC2)=CN2C/C1=C\C(F)=C(\N(C)CCC)COc1c2ccc2cccc(C)c12. The third kappa shape index (κ3) is 4.83. The van der Waals surface area contributed by atoms with E-state index in [1.54, 1.807) is 6.08 Å². The number of hydrogen-bond acceptors (Lipinski definition) is 5. The van der Waals surface area contributed by atoms with Crippen LogP contribution in [-0.4, -0.2) is 80.6 Å². The summed E-state index contributed by atoms with van der Waals surface area (Å²) in [6, 6.07) is 10.3. The molecule has 0 saturated carbocycles. The maximum Gasteiger partial charge on any atom is 0.256 e. The molecule has 7 heteroatoms. The fraction of sp³-hybridized carbons (Fsp3) is 0.387. The highest BCUT2D eigenvalue weighted by molar-refractivity contribution is 6.01. The van der Waals surface area contributed by atoms with Crippen molar-refractivity contribution in [2.24, 2.45) is 0 Å². The van der Waals surface area contributed by atoms with E-state index >= 15 is 4.39 Å². The minimum Gasteiger partial charge on any atom is -0.484 e. The molecule has 0 aromatic heterocycles. The second-order valence-corrected chi connectivity index (χ2v) is 10.5. The van der Waals surface area contributed by atoms with Crippen molar-refractivity contribution < 1.29 is 13.9 Å². The Morgan fingerprint density at radius 1 is 1.16 bits per heavy atom. The lowest BCUT2D eigenvalue weighted by Crippen LogP contribution is -2.48. The lowest BCUT2D eigenvalue weighted by atomic mass is 9.93. The predicted molar refractivity (Wildman–Crippen MR) is 152 cm³/mol. The number of anilines is 1. The Morgan fingerprint density at radius 3 is 2.66 bits per heavy atom. The summed E-state index contributed by atoms with van der Waals surface area (Å²) in [5.41, 5.74) is 4.20.